The smallest absolute Gasteiger partial charge is 0.270 e. The molecule has 2 aliphatic rings. The highest BCUT2D eigenvalue weighted by Crippen LogP contribution is 2.18. The highest BCUT2D eigenvalue weighted by atomic mass is 16.5. The van der Waals surface area contributed by atoms with Gasteiger partial charge >= 0.3 is 0 Å². The number of carbonyl (C=O) groups excluding carboxylic acids is 1. The van der Waals surface area contributed by atoms with Gasteiger partial charge in [0.25, 0.3) is 5.91 Å². The summed E-state index contributed by atoms with van der Waals surface area (Å²) in [7, 11) is 1.71. The van der Waals surface area contributed by atoms with E-state index >= 15 is 0 Å². The largest absolute Gasteiger partial charge is 0.390 e. The third-order valence-electron chi connectivity index (χ3n) is 6.11. The second kappa shape index (κ2) is 10.9. The molecule has 0 saturated carbocycles. The predicted octanol–water partition coefficient (Wildman–Crippen LogP) is 0.973. The molecule has 1 atom stereocenters. The normalized spacial score (nSPS) is 17.9. The van der Waals surface area contributed by atoms with Crippen LogP contribution in [0.25, 0.3) is 0 Å². The van der Waals surface area contributed by atoms with E-state index in [1.165, 1.54) is 11.1 Å². The minimum absolute atomic E-state index is 0.202. The number of anilines is 1. The Morgan fingerprint density at radius 2 is 2.06 bits per heavy atom. The zero-order valence-corrected chi connectivity index (χ0v) is 18.7. The number of pyridine rings is 1. The van der Waals surface area contributed by atoms with E-state index in [0.717, 1.165) is 51.4 Å². The number of nitrogens with one attached hydrogen (secondary N) is 2. The van der Waals surface area contributed by atoms with Crippen LogP contribution in [0.1, 0.15) is 21.6 Å². The van der Waals surface area contributed by atoms with E-state index in [2.05, 4.69) is 49.7 Å². The van der Waals surface area contributed by atoms with Crippen LogP contribution >= 0.6 is 0 Å². The van der Waals surface area contributed by atoms with Crippen LogP contribution < -0.4 is 10.6 Å². The molecular weight excluding hydrogens is 406 g/mol. The second-order valence-electron chi connectivity index (χ2n) is 8.64. The number of aromatic nitrogens is 1. The molecule has 2 aromatic rings. The second-order valence-corrected chi connectivity index (χ2v) is 8.64. The first-order valence-corrected chi connectivity index (χ1v) is 11.3. The van der Waals surface area contributed by atoms with Gasteiger partial charge in [0.1, 0.15) is 5.69 Å². The zero-order chi connectivity index (χ0) is 22.3. The molecule has 3 N–H and O–H groups in total. The van der Waals surface area contributed by atoms with Crippen molar-refractivity contribution in [2.75, 3.05) is 58.3 Å². The number of methoxy groups -OCH3 is 1. The molecule has 1 aromatic carbocycles. The van der Waals surface area contributed by atoms with Crippen molar-refractivity contribution in [2.45, 2.75) is 25.1 Å². The van der Waals surface area contributed by atoms with Crippen molar-refractivity contribution < 1.29 is 14.6 Å². The van der Waals surface area contributed by atoms with Crippen LogP contribution in [0.15, 0.2) is 42.6 Å². The van der Waals surface area contributed by atoms with Crippen LogP contribution in [0.5, 0.6) is 0 Å². The van der Waals surface area contributed by atoms with Crippen molar-refractivity contribution in [1.29, 1.82) is 0 Å². The Bertz CT molecular complexity index is 903. The first kappa shape index (κ1) is 22.7. The fraction of sp³-hybridized carbons (Fsp3) is 0.500. The molecule has 0 unspecified atom stereocenters. The van der Waals surface area contributed by atoms with E-state index in [-0.39, 0.29) is 12.5 Å². The lowest BCUT2D eigenvalue weighted by Crippen LogP contribution is -2.55. The van der Waals surface area contributed by atoms with Crippen LogP contribution in [0.2, 0.25) is 0 Å². The summed E-state index contributed by atoms with van der Waals surface area (Å²) in [5.74, 6) is -0.271. The van der Waals surface area contributed by atoms with E-state index in [1.807, 2.05) is 6.07 Å². The van der Waals surface area contributed by atoms with Crippen molar-refractivity contribution in [3.8, 4) is 0 Å². The average molecular weight is 440 g/mol. The van der Waals surface area contributed by atoms with Gasteiger partial charge in [-0.1, -0.05) is 24.3 Å². The van der Waals surface area contributed by atoms with Gasteiger partial charge in [-0.25, -0.2) is 0 Å². The number of aliphatic hydroxyl groups excluding tert-OH is 1. The molecule has 1 saturated heterocycles. The molecule has 0 spiro atoms. The van der Waals surface area contributed by atoms with Gasteiger partial charge in [0.15, 0.2) is 0 Å². The van der Waals surface area contributed by atoms with Crippen molar-refractivity contribution in [3.05, 3.63) is 59.4 Å². The Morgan fingerprint density at radius 1 is 1.25 bits per heavy atom. The molecule has 0 aliphatic carbocycles. The van der Waals surface area contributed by atoms with Gasteiger partial charge in [-0.2, -0.15) is 0 Å². The molecule has 1 fully saturated rings. The van der Waals surface area contributed by atoms with Crippen molar-refractivity contribution in [3.63, 3.8) is 0 Å². The molecule has 8 nitrogen and oxygen atoms in total. The van der Waals surface area contributed by atoms with Crippen molar-refractivity contribution in [2.24, 2.45) is 0 Å². The number of benzene rings is 1. The lowest BCUT2D eigenvalue weighted by Gasteiger charge is -2.40. The van der Waals surface area contributed by atoms with Gasteiger partial charge in [-0.05, 0) is 29.7 Å². The molecule has 3 heterocycles. The molecule has 2 aliphatic heterocycles. The quantitative estimate of drug-likeness (QED) is 0.508. The van der Waals surface area contributed by atoms with Crippen LogP contribution in [0.4, 0.5) is 5.69 Å². The molecule has 0 radical (unpaired) electrons. The third kappa shape index (κ3) is 6.04. The Morgan fingerprint density at radius 3 is 2.88 bits per heavy atom. The Kier molecular flexibility index (Phi) is 7.70. The maximum Gasteiger partial charge on any atom is 0.270 e. The summed E-state index contributed by atoms with van der Waals surface area (Å²) in [4.78, 5) is 21.3. The number of amides is 1. The van der Waals surface area contributed by atoms with Gasteiger partial charge in [0, 0.05) is 64.8 Å². The first-order valence-electron chi connectivity index (χ1n) is 11.3. The third-order valence-corrected chi connectivity index (χ3v) is 6.11. The molecule has 32 heavy (non-hydrogen) atoms. The lowest BCUT2D eigenvalue weighted by atomic mass is 10.00. The number of rotatable bonds is 10. The molecule has 1 amide bonds. The summed E-state index contributed by atoms with van der Waals surface area (Å²) in [5.41, 5.74) is 3.94. The number of likely N-dealkylation sites (tertiary alicyclic amines) is 1. The maximum absolute atomic E-state index is 12.5. The monoisotopic (exact) mass is 439 g/mol. The number of ether oxygens (including phenoxy) is 1. The van der Waals surface area contributed by atoms with E-state index in [9.17, 15) is 9.90 Å². The number of aliphatic hydroxyl groups is 1. The SMILES string of the molecule is COCCN1CC(Nc2ccnc(C(=O)NC[C@H](O)CN3CCc4ccccc4C3)c2)C1. The minimum atomic E-state index is -0.626. The fourth-order valence-electron chi connectivity index (χ4n) is 4.32. The highest BCUT2D eigenvalue weighted by Gasteiger charge is 2.26. The van der Waals surface area contributed by atoms with Gasteiger partial charge in [0.05, 0.1) is 18.8 Å². The van der Waals surface area contributed by atoms with Gasteiger partial charge in [0.2, 0.25) is 0 Å². The summed E-state index contributed by atoms with van der Waals surface area (Å²) >= 11 is 0. The van der Waals surface area contributed by atoms with E-state index in [4.69, 9.17) is 4.74 Å². The molecule has 8 heteroatoms. The van der Waals surface area contributed by atoms with Gasteiger partial charge < -0.3 is 20.5 Å². The maximum atomic E-state index is 12.5. The number of fused-ring (bicyclic) bond motifs is 1. The molecule has 172 valence electrons. The minimum Gasteiger partial charge on any atom is -0.390 e. The number of nitrogens with zero attached hydrogens (tertiary/aromatic N) is 3. The number of hydrogen-bond acceptors (Lipinski definition) is 7. The van der Waals surface area contributed by atoms with Crippen molar-refractivity contribution >= 4 is 11.6 Å². The molecular formula is C24H33N5O3. The number of hydrogen-bond donors (Lipinski definition) is 3. The molecule has 4 rings (SSSR count). The molecule has 0 bridgehead atoms. The average Bonchev–Trinajstić information content (AvgIpc) is 2.79. The number of β-amino-alcohol motifs (C(OH)–C–C–N with tert-alkyl or cyclic N) is 1. The lowest BCUT2D eigenvalue weighted by molar-refractivity contribution is 0.0838. The van der Waals surface area contributed by atoms with Gasteiger partial charge in [-0.3, -0.25) is 19.6 Å². The van der Waals surface area contributed by atoms with Crippen LogP contribution in [0.3, 0.4) is 0 Å². The summed E-state index contributed by atoms with van der Waals surface area (Å²) in [6.45, 7) is 6.08. The Labute approximate surface area is 189 Å². The molecule has 1 aromatic heterocycles. The van der Waals surface area contributed by atoms with Crippen molar-refractivity contribution in [1.82, 2.24) is 20.1 Å². The summed E-state index contributed by atoms with van der Waals surface area (Å²) in [6, 6.07) is 12.4. The number of carbonyl (C=O) groups is 1. The summed E-state index contributed by atoms with van der Waals surface area (Å²) in [6.07, 6.45) is 2.00. The van der Waals surface area contributed by atoms with E-state index in [0.29, 0.717) is 18.3 Å². The van der Waals surface area contributed by atoms with E-state index < -0.39 is 6.10 Å². The summed E-state index contributed by atoms with van der Waals surface area (Å²) < 4.78 is 5.10. The summed E-state index contributed by atoms with van der Waals surface area (Å²) in [5, 5.41) is 16.7. The Hall–Kier alpha value is -2.52. The highest BCUT2D eigenvalue weighted by molar-refractivity contribution is 5.93. The predicted molar refractivity (Wildman–Crippen MR) is 124 cm³/mol. The standard InChI is InChI=1S/C24H33N5O3/c1-32-11-10-29-15-21(16-29)27-20-6-8-25-23(12-20)24(31)26-13-22(30)17-28-9-7-18-4-2-3-5-19(18)14-28/h2-6,8,12,21-22,30H,7,9-11,13-17H2,1H3,(H,25,27)(H,26,31)/t22-/m0/s1. The fourth-order valence-corrected chi connectivity index (χ4v) is 4.32. The first-order chi connectivity index (χ1) is 15.6. The van der Waals surface area contributed by atoms with Crippen LogP contribution in [-0.4, -0.2) is 90.9 Å². The topological polar surface area (TPSA) is 90.0 Å². The van der Waals surface area contributed by atoms with Crippen LogP contribution in [-0.2, 0) is 17.7 Å². The Balaban J connectivity index is 1.20. The van der Waals surface area contributed by atoms with Gasteiger partial charge in [-0.15, -0.1) is 0 Å². The zero-order valence-electron chi connectivity index (χ0n) is 18.7. The van der Waals surface area contributed by atoms with Crippen LogP contribution in [0, 0.1) is 0 Å². The van der Waals surface area contributed by atoms with E-state index in [1.54, 1.807) is 19.4 Å².